The normalized spacial score (nSPS) is 36.0. The van der Waals surface area contributed by atoms with Crippen LogP contribution in [-0.2, 0) is 4.79 Å². The number of hydrogen-bond donors (Lipinski definition) is 2. The molecule has 3 N–H and O–H groups in total. The van der Waals surface area contributed by atoms with Crippen LogP contribution in [0.3, 0.4) is 0 Å². The highest BCUT2D eigenvalue weighted by atomic mass is 16.2. The van der Waals surface area contributed by atoms with Crippen LogP contribution < -0.4 is 11.1 Å². The van der Waals surface area contributed by atoms with Crippen LogP contribution in [-0.4, -0.2) is 18.5 Å². The summed E-state index contributed by atoms with van der Waals surface area (Å²) >= 11 is 0. The largest absolute Gasteiger partial charge is 0.352 e. The van der Waals surface area contributed by atoms with E-state index in [9.17, 15) is 4.79 Å². The number of carbonyl (C=O) groups excluding carboxylic acids is 1. The van der Waals surface area contributed by atoms with E-state index < -0.39 is 0 Å². The number of hydrogen-bond acceptors (Lipinski definition) is 2. The Morgan fingerprint density at radius 3 is 2.62 bits per heavy atom. The van der Waals surface area contributed by atoms with E-state index in [1.165, 1.54) is 0 Å². The van der Waals surface area contributed by atoms with Crippen molar-refractivity contribution >= 4 is 5.91 Å². The van der Waals surface area contributed by atoms with Gasteiger partial charge in [0.05, 0.1) is 5.92 Å². The first-order valence-electron chi connectivity index (χ1n) is 2.76. The van der Waals surface area contributed by atoms with Gasteiger partial charge in [-0.2, -0.15) is 0 Å². The Morgan fingerprint density at radius 2 is 2.50 bits per heavy atom. The molecule has 0 unspecified atom stereocenters. The summed E-state index contributed by atoms with van der Waals surface area (Å²) in [5, 5.41) is 2.69. The maximum atomic E-state index is 10.5. The lowest BCUT2D eigenvalue weighted by molar-refractivity contribution is -0.133. The first kappa shape index (κ1) is 5.56. The Hall–Kier alpha value is -0.570. The van der Waals surface area contributed by atoms with E-state index in [0.29, 0.717) is 12.6 Å². The maximum Gasteiger partial charge on any atom is 0.226 e. The molecule has 0 bridgehead atoms. The van der Waals surface area contributed by atoms with Gasteiger partial charge in [-0.15, -0.1) is 0 Å². The third-order valence-electron chi connectivity index (χ3n) is 1.56. The van der Waals surface area contributed by atoms with E-state index in [1.54, 1.807) is 0 Å². The molecule has 0 spiro atoms. The number of β-lactam (4-membered cyclic amide) rings is 1. The zero-order valence-electron chi connectivity index (χ0n) is 4.85. The number of rotatable bonds is 1. The van der Waals surface area contributed by atoms with Gasteiger partial charge < -0.3 is 11.1 Å². The molecule has 46 valence electrons. The molecule has 2 atom stereocenters. The molecule has 8 heavy (non-hydrogen) atoms. The summed E-state index contributed by atoms with van der Waals surface area (Å²) in [5.41, 5.74) is 5.25. The predicted octanol–water partition coefficient (Wildman–Crippen LogP) is -0.920. The van der Waals surface area contributed by atoms with Gasteiger partial charge in [-0.05, 0) is 6.92 Å². The molecular formula is C5H10N2O. The van der Waals surface area contributed by atoms with E-state index in [2.05, 4.69) is 5.32 Å². The molecule has 0 radical (unpaired) electrons. The minimum atomic E-state index is 0.0787. The minimum absolute atomic E-state index is 0.0787. The summed E-state index contributed by atoms with van der Waals surface area (Å²) in [6.45, 7) is 2.44. The molecule has 1 amide bonds. The topological polar surface area (TPSA) is 55.1 Å². The molecule has 0 saturated carbocycles. The van der Waals surface area contributed by atoms with Gasteiger partial charge in [-0.1, -0.05) is 0 Å². The molecule has 3 heteroatoms. The zero-order valence-corrected chi connectivity index (χ0v) is 4.85. The second kappa shape index (κ2) is 1.74. The number of amides is 1. The van der Waals surface area contributed by atoms with Crippen molar-refractivity contribution in [3.8, 4) is 0 Å². The Bertz CT molecular complexity index is 113. The maximum absolute atomic E-state index is 10.5. The minimum Gasteiger partial charge on any atom is -0.352 e. The summed E-state index contributed by atoms with van der Waals surface area (Å²) in [6, 6.07) is 0.299. The number of nitrogens with two attached hydrogens (primary N) is 1. The zero-order chi connectivity index (χ0) is 6.15. The van der Waals surface area contributed by atoms with Gasteiger partial charge >= 0.3 is 0 Å². The molecule has 0 aliphatic carbocycles. The van der Waals surface area contributed by atoms with Crippen LogP contribution >= 0.6 is 0 Å². The van der Waals surface area contributed by atoms with E-state index in [1.807, 2.05) is 6.92 Å². The SMILES string of the molecule is C[C@H]1NC(=O)[C@@H]1CN. The monoisotopic (exact) mass is 114 g/mol. The second-order valence-corrected chi connectivity index (χ2v) is 2.14. The van der Waals surface area contributed by atoms with Crippen LogP contribution in [0.4, 0.5) is 0 Å². The highest BCUT2D eigenvalue weighted by Crippen LogP contribution is 2.11. The van der Waals surface area contributed by atoms with Crippen molar-refractivity contribution in [2.45, 2.75) is 13.0 Å². The molecule has 1 fully saturated rings. The predicted molar refractivity (Wildman–Crippen MR) is 30.1 cm³/mol. The summed E-state index contributed by atoms with van der Waals surface area (Å²) in [4.78, 5) is 10.5. The average Bonchev–Trinajstić information content (AvgIpc) is 1.67. The van der Waals surface area contributed by atoms with Crippen LogP contribution in [0.15, 0.2) is 0 Å². The van der Waals surface area contributed by atoms with Crippen molar-refractivity contribution in [1.82, 2.24) is 5.32 Å². The van der Waals surface area contributed by atoms with E-state index in [0.717, 1.165) is 0 Å². The van der Waals surface area contributed by atoms with Crippen molar-refractivity contribution in [3.05, 3.63) is 0 Å². The standard InChI is InChI=1S/C5H10N2O/c1-3-4(2-6)5(8)7-3/h3-4H,2,6H2,1H3,(H,7,8)/t3-,4-/m1/s1. The summed E-state index contributed by atoms with van der Waals surface area (Å²) in [5.74, 6) is 0.176. The van der Waals surface area contributed by atoms with Crippen molar-refractivity contribution in [3.63, 3.8) is 0 Å². The fourth-order valence-electron chi connectivity index (χ4n) is 0.874. The second-order valence-electron chi connectivity index (χ2n) is 2.14. The van der Waals surface area contributed by atoms with Crippen LogP contribution in [0.1, 0.15) is 6.92 Å². The number of carbonyl (C=O) groups is 1. The molecule has 0 aromatic rings. The summed E-state index contributed by atoms with van der Waals surface area (Å²) in [7, 11) is 0. The fourth-order valence-corrected chi connectivity index (χ4v) is 0.874. The first-order valence-corrected chi connectivity index (χ1v) is 2.76. The molecule has 1 aliphatic heterocycles. The number of nitrogens with one attached hydrogen (secondary N) is 1. The van der Waals surface area contributed by atoms with Crippen LogP contribution in [0.5, 0.6) is 0 Å². The van der Waals surface area contributed by atoms with Crippen LogP contribution in [0.2, 0.25) is 0 Å². The molecule has 0 aromatic carbocycles. The average molecular weight is 114 g/mol. The molecule has 1 aliphatic rings. The van der Waals surface area contributed by atoms with Gasteiger partial charge in [-0.3, -0.25) is 4.79 Å². The van der Waals surface area contributed by atoms with Crippen molar-refractivity contribution in [1.29, 1.82) is 0 Å². The Kier molecular flexibility index (Phi) is 1.21. The van der Waals surface area contributed by atoms with Gasteiger partial charge in [0.25, 0.3) is 0 Å². The lowest BCUT2D eigenvalue weighted by Crippen LogP contribution is -2.59. The Labute approximate surface area is 48.2 Å². The lowest BCUT2D eigenvalue weighted by Gasteiger charge is -2.32. The van der Waals surface area contributed by atoms with E-state index in [-0.39, 0.29) is 11.8 Å². The molecule has 1 rings (SSSR count). The van der Waals surface area contributed by atoms with Crippen molar-refractivity contribution < 1.29 is 4.79 Å². The van der Waals surface area contributed by atoms with E-state index in [4.69, 9.17) is 5.73 Å². The Morgan fingerprint density at radius 1 is 1.88 bits per heavy atom. The Balaban J connectivity index is 2.40. The fraction of sp³-hybridized carbons (Fsp3) is 0.800. The van der Waals surface area contributed by atoms with Crippen molar-refractivity contribution in [2.24, 2.45) is 11.7 Å². The molecule has 1 saturated heterocycles. The van der Waals surface area contributed by atoms with Gasteiger partial charge in [0.15, 0.2) is 0 Å². The van der Waals surface area contributed by atoms with Gasteiger partial charge in [-0.25, -0.2) is 0 Å². The third-order valence-corrected chi connectivity index (χ3v) is 1.56. The summed E-state index contributed by atoms with van der Waals surface area (Å²) < 4.78 is 0. The van der Waals surface area contributed by atoms with Gasteiger partial charge in [0.2, 0.25) is 5.91 Å². The molecule has 1 heterocycles. The highest BCUT2D eigenvalue weighted by molar-refractivity contribution is 5.85. The highest BCUT2D eigenvalue weighted by Gasteiger charge is 2.33. The van der Waals surface area contributed by atoms with Gasteiger partial charge in [0.1, 0.15) is 0 Å². The smallest absolute Gasteiger partial charge is 0.226 e. The molecule has 3 nitrogen and oxygen atoms in total. The van der Waals surface area contributed by atoms with Crippen LogP contribution in [0, 0.1) is 5.92 Å². The quantitative estimate of drug-likeness (QED) is 0.433. The lowest BCUT2D eigenvalue weighted by atomic mass is 9.92. The van der Waals surface area contributed by atoms with Crippen LogP contribution in [0.25, 0.3) is 0 Å². The third kappa shape index (κ3) is 0.591. The molecule has 0 aromatic heterocycles. The van der Waals surface area contributed by atoms with Gasteiger partial charge in [0, 0.05) is 12.6 Å². The summed E-state index contributed by atoms with van der Waals surface area (Å²) in [6.07, 6.45) is 0. The van der Waals surface area contributed by atoms with E-state index >= 15 is 0 Å². The molecular weight excluding hydrogens is 104 g/mol. The first-order chi connectivity index (χ1) is 3.75. The van der Waals surface area contributed by atoms with Crippen molar-refractivity contribution in [2.75, 3.05) is 6.54 Å².